The van der Waals surface area contributed by atoms with Crippen molar-refractivity contribution < 1.29 is 26.4 Å². The van der Waals surface area contributed by atoms with Crippen molar-refractivity contribution in [2.24, 2.45) is 5.92 Å². The van der Waals surface area contributed by atoms with Crippen LogP contribution in [0, 0.1) is 5.92 Å². The maximum Gasteiger partial charge on any atom is 0.400 e. The van der Waals surface area contributed by atoms with Gasteiger partial charge in [-0.15, -0.1) is 0 Å². The smallest absolute Gasteiger partial charge is 0.326 e. The van der Waals surface area contributed by atoms with Crippen molar-refractivity contribution in [3.63, 3.8) is 0 Å². The highest BCUT2D eigenvalue weighted by molar-refractivity contribution is 7.99. The molecular formula is C14H17F3N2O3S2. The zero-order valence-corrected chi connectivity index (χ0v) is 14.5. The zero-order chi connectivity index (χ0) is 18.0. The van der Waals surface area contributed by atoms with E-state index in [0.29, 0.717) is 13.1 Å². The van der Waals surface area contributed by atoms with E-state index in [1.165, 1.54) is 28.6 Å². The Morgan fingerprint density at radius 1 is 1.21 bits per heavy atom. The Balaban J connectivity index is 2.09. The molecule has 1 fully saturated rings. The standard InChI is InChI=1S/C14H17F3N2O3S2/c1-10(14(15,16)17)13(20)18-11-2-4-12(5-3-11)24(21,22)19-6-8-23-9-7-19/h2-5,10H,6-9H2,1H3,(H,18,20). The van der Waals surface area contributed by atoms with Crippen LogP contribution in [-0.2, 0) is 14.8 Å². The number of carbonyl (C=O) groups is 1. The van der Waals surface area contributed by atoms with Gasteiger partial charge in [-0.05, 0) is 31.2 Å². The molecule has 5 nitrogen and oxygen atoms in total. The van der Waals surface area contributed by atoms with Crippen LogP contribution < -0.4 is 5.32 Å². The fourth-order valence-electron chi connectivity index (χ4n) is 2.05. The van der Waals surface area contributed by atoms with Crippen molar-refractivity contribution >= 4 is 33.4 Å². The number of rotatable bonds is 4. The van der Waals surface area contributed by atoms with Crippen LogP contribution in [0.1, 0.15) is 6.92 Å². The Labute approximate surface area is 142 Å². The Bertz CT molecular complexity index is 684. The number of nitrogens with one attached hydrogen (secondary N) is 1. The second-order valence-electron chi connectivity index (χ2n) is 5.29. The lowest BCUT2D eigenvalue weighted by molar-refractivity contribution is -0.175. The molecule has 1 N–H and O–H groups in total. The molecule has 0 spiro atoms. The molecule has 2 rings (SSSR count). The number of sulfonamides is 1. The van der Waals surface area contributed by atoms with Gasteiger partial charge < -0.3 is 5.32 Å². The predicted molar refractivity (Wildman–Crippen MR) is 86.4 cm³/mol. The highest BCUT2D eigenvalue weighted by atomic mass is 32.2. The Morgan fingerprint density at radius 2 is 1.75 bits per heavy atom. The quantitative estimate of drug-likeness (QED) is 0.869. The molecule has 1 aliphatic heterocycles. The van der Waals surface area contributed by atoms with E-state index in [1.807, 2.05) is 0 Å². The van der Waals surface area contributed by atoms with Crippen LogP contribution in [-0.4, -0.2) is 49.4 Å². The van der Waals surface area contributed by atoms with Gasteiger partial charge in [0.05, 0.1) is 4.90 Å². The molecule has 1 aromatic carbocycles. The minimum Gasteiger partial charge on any atom is -0.326 e. The van der Waals surface area contributed by atoms with E-state index in [1.54, 1.807) is 11.8 Å². The number of benzene rings is 1. The molecule has 1 aliphatic rings. The highest BCUT2D eigenvalue weighted by Crippen LogP contribution is 2.27. The molecule has 1 atom stereocenters. The van der Waals surface area contributed by atoms with Crippen molar-refractivity contribution in [2.75, 3.05) is 29.9 Å². The maximum absolute atomic E-state index is 12.5. The second-order valence-corrected chi connectivity index (χ2v) is 8.46. The third-order valence-corrected chi connectivity index (χ3v) is 6.47. The number of hydrogen-bond acceptors (Lipinski definition) is 4. The van der Waals surface area contributed by atoms with Crippen LogP contribution in [0.5, 0.6) is 0 Å². The lowest BCUT2D eigenvalue weighted by Gasteiger charge is -2.25. The molecule has 10 heteroatoms. The van der Waals surface area contributed by atoms with E-state index in [4.69, 9.17) is 0 Å². The molecule has 0 aliphatic carbocycles. The van der Waals surface area contributed by atoms with Gasteiger partial charge in [0.15, 0.2) is 0 Å². The van der Waals surface area contributed by atoms with Gasteiger partial charge in [-0.1, -0.05) is 0 Å². The second kappa shape index (κ2) is 7.32. The summed E-state index contributed by atoms with van der Waals surface area (Å²) >= 11 is 1.68. The van der Waals surface area contributed by atoms with Crippen LogP contribution >= 0.6 is 11.8 Å². The van der Waals surface area contributed by atoms with Gasteiger partial charge in [0.1, 0.15) is 5.92 Å². The van der Waals surface area contributed by atoms with Crippen molar-refractivity contribution in [2.45, 2.75) is 18.0 Å². The first-order chi connectivity index (χ1) is 11.1. The van der Waals surface area contributed by atoms with Gasteiger partial charge in [0.25, 0.3) is 0 Å². The minimum atomic E-state index is -4.63. The summed E-state index contributed by atoms with van der Waals surface area (Å²) in [5, 5.41) is 2.14. The summed E-state index contributed by atoms with van der Waals surface area (Å²) in [7, 11) is -3.62. The van der Waals surface area contributed by atoms with Gasteiger partial charge >= 0.3 is 6.18 Å². The summed E-state index contributed by atoms with van der Waals surface area (Å²) in [6, 6.07) is 5.13. The molecule has 0 aromatic heterocycles. The molecule has 24 heavy (non-hydrogen) atoms. The average molecular weight is 382 g/mol. The molecule has 1 saturated heterocycles. The summed E-state index contributed by atoms with van der Waals surface area (Å²) < 4.78 is 63.7. The van der Waals surface area contributed by atoms with Crippen LogP contribution in [0.25, 0.3) is 0 Å². The summed E-state index contributed by atoms with van der Waals surface area (Å²) in [5.74, 6) is -1.89. The summed E-state index contributed by atoms with van der Waals surface area (Å²) in [4.78, 5) is 11.6. The SMILES string of the molecule is CC(C(=O)Nc1ccc(S(=O)(=O)N2CCSCC2)cc1)C(F)(F)F. The number of carbonyl (C=O) groups excluding carboxylic acids is 1. The number of halogens is 3. The average Bonchev–Trinajstić information content (AvgIpc) is 2.54. The largest absolute Gasteiger partial charge is 0.400 e. The molecule has 1 amide bonds. The van der Waals surface area contributed by atoms with Crippen LogP contribution in [0.4, 0.5) is 18.9 Å². The van der Waals surface area contributed by atoms with Gasteiger partial charge in [0, 0.05) is 30.3 Å². The number of nitrogens with zero attached hydrogens (tertiary/aromatic N) is 1. The Morgan fingerprint density at radius 3 is 2.25 bits per heavy atom. The molecule has 134 valence electrons. The molecule has 0 radical (unpaired) electrons. The molecule has 0 saturated carbocycles. The lowest BCUT2D eigenvalue weighted by Crippen LogP contribution is -2.37. The van der Waals surface area contributed by atoms with Crippen LogP contribution in [0.2, 0.25) is 0 Å². The van der Waals surface area contributed by atoms with Gasteiger partial charge in [0.2, 0.25) is 15.9 Å². The van der Waals surface area contributed by atoms with E-state index >= 15 is 0 Å². The summed E-state index contributed by atoms with van der Waals surface area (Å²) in [6.07, 6.45) is -4.63. The van der Waals surface area contributed by atoms with Gasteiger partial charge in [-0.2, -0.15) is 29.2 Å². The number of anilines is 1. The van der Waals surface area contributed by atoms with Crippen LogP contribution in [0.3, 0.4) is 0 Å². The first kappa shape index (κ1) is 19.1. The number of alkyl halides is 3. The van der Waals surface area contributed by atoms with Crippen molar-refractivity contribution in [3.05, 3.63) is 24.3 Å². The summed E-state index contributed by atoms with van der Waals surface area (Å²) in [6.45, 7) is 1.62. The topological polar surface area (TPSA) is 66.5 Å². The Hall–Kier alpha value is -1.26. The van der Waals surface area contributed by atoms with E-state index in [-0.39, 0.29) is 10.6 Å². The fraction of sp³-hybridized carbons (Fsp3) is 0.500. The number of amides is 1. The Kier molecular flexibility index (Phi) is 5.82. The first-order valence-corrected chi connectivity index (χ1v) is 9.77. The zero-order valence-electron chi connectivity index (χ0n) is 12.8. The molecule has 1 unspecified atom stereocenters. The van der Waals surface area contributed by atoms with Crippen molar-refractivity contribution in [1.82, 2.24) is 4.31 Å². The minimum absolute atomic E-state index is 0.0521. The third kappa shape index (κ3) is 4.42. The van der Waals surface area contributed by atoms with Gasteiger partial charge in [-0.3, -0.25) is 4.79 Å². The monoisotopic (exact) mass is 382 g/mol. The lowest BCUT2D eigenvalue weighted by atomic mass is 10.1. The highest BCUT2D eigenvalue weighted by Gasteiger charge is 2.41. The van der Waals surface area contributed by atoms with Crippen molar-refractivity contribution in [3.8, 4) is 0 Å². The van der Waals surface area contributed by atoms with E-state index in [2.05, 4.69) is 5.32 Å². The molecule has 1 aromatic rings. The fourth-order valence-corrected chi connectivity index (χ4v) is 4.62. The maximum atomic E-state index is 12.5. The van der Waals surface area contributed by atoms with Crippen molar-refractivity contribution in [1.29, 1.82) is 0 Å². The van der Waals surface area contributed by atoms with E-state index < -0.39 is 28.0 Å². The first-order valence-electron chi connectivity index (χ1n) is 7.18. The molecule has 1 heterocycles. The summed E-state index contributed by atoms with van der Waals surface area (Å²) in [5.41, 5.74) is 0.115. The van der Waals surface area contributed by atoms with E-state index in [0.717, 1.165) is 18.4 Å². The predicted octanol–water partition coefficient (Wildman–Crippen LogP) is 2.56. The molecule has 0 bridgehead atoms. The third-order valence-electron chi connectivity index (χ3n) is 3.61. The van der Waals surface area contributed by atoms with E-state index in [9.17, 15) is 26.4 Å². The number of hydrogen-bond donors (Lipinski definition) is 1. The normalized spacial score (nSPS) is 18.2. The molecular weight excluding hydrogens is 365 g/mol. The number of thioether (sulfide) groups is 1. The van der Waals surface area contributed by atoms with Crippen LogP contribution in [0.15, 0.2) is 29.2 Å². The van der Waals surface area contributed by atoms with Gasteiger partial charge in [-0.25, -0.2) is 8.42 Å².